The van der Waals surface area contributed by atoms with E-state index >= 15 is 0 Å². The standard InChI is InChI=1S/C15H19F3O/c1-2-3-4-5-6-11-14(19)12-9-7-8-10-13(12)15(16,17)18/h7-10H,2-6,11H2,1H3. The molecule has 0 aliphatic heterocycles. The van der Waals surface area contributed by atoms with Gasteiger partial charge in [0.05, 0.1) is 5.56 Å². The van der Waals surface area contributed by atoms with Crippen LogP contribution in [0.2, 0.25) is 0 Å². The molecule has 1 rings (SSSR count). The van der Waals surface area contributed by atoms with Crippen LogP contribution >= 0.6 is 0 Å². The number of benzene rings is 1. The summed E-state index contributed by atoms with van der Waals surface area (Å²) in [6, 6.07) is 5.00. The number of rotatable bonds is 7. The number of halogens is 3. The highest BCUT2D eigenvalue weighted by Crippen LogP contribution is 2.32. The smallest absolute Gasteiger partial charge is 0.294 e. The molecule has 0 aliphatic rings. The summed E-state index contributed by atoms with van der Waals surface area (Å²) in [7, 11) is 0. The molecule has 0 amide bonds. The molecule has 0 atom stereocenters. The van der Waals surface area contributed by atoms with E-state index in [1.807, 2.05) is 0 Å². The van der Waals surface area contributed by atoms with Crippen molar-refractivity contribution in [3.05, 3.63) is 35.4 Å². The van der Waals surface area contributed by atoms with Gasteiger partial charge in [0.1, 0.15) is 0 Å². The van der Waals surface area contributed by atoms with Gasteiger partial charge in [-0.15, -0.1) is 0 Å². The molecule has 4 heteroatoms. The van der Waals surface area contributed by atoms with Crippen molar-refractivity contribution >= 4 is 5.78 Å². The predicted molar refractivity (Wildman–Crippen MR) is 69.2 cm³/mol. The molecule has 1 aromatic rings. The first kappa shape index (κ1) is 15.7. The van der Waals surface area contributed by atoms with Crippen molar-refractivity contribution in [1.82, 2.24) is 0 Å². The van der Waals surface area contributed by atoms with Crippen molar-refractivity contribution in [2.45, 2.75) is 51.6 Å². The molecular weight excluding hydrogens is 253 g/mol. The summed E-state index contributed by atoms with van der Waals surface area (Å²) < 4.78 is 38.2. The van der Waals surface area contributed by atoms with Crippen LogP contribution in [0.15, 0.2) is 24.3 Å². The highest BCUT2D eigenvalue weighted by atomic mass is 19.4. The van der Waals surface area contributed by atoms with E-state index in [0.29, 0.717) is 6.42 Å². The van der Waals surface area contributed by atoms with Gasteiger partial charge in [-0.05, 0) is 12.5 Å². The average Bonchev–Trinajstić information content (AvgIpc) is 2.37. The van der Waals surface area contributed by atoms with E-state index in [0.717, 1.165) is 31.7 Å². The summed E-state index contributed by atoms with van der Waals surface area (Å²) in [6.07, 6.45) is 0.521. The second kappa shape index (κ2) is 7.31. The molecule has 19 heavy (non-hydrogen) atoms. The molecule has 106 valence electrons. The third-order valence-corrected chi connectivity index (χ3v) is 3.04. The average molecular weight is 272 g/mol. The SMILES string of the molecule is CCCCCCCC(=O)c1ccccc1C(F)(F)F. The quantitative estimate of drug-likeness (QED) is 0.489. The molecule has 1 nitrogen and oxygen atoms in total. The Bertz CT molecular complexity index is 410. The second-order valence-corrected chi connectivity index (χ2v) is 4.63. The Morgan fingerprint density at radius 2 is 1.68 bits per heavy atom. The van der Waals surface area contributed by atoms with E-state index in [1.54, 1.807) is 0 Å². The van der Waals surface area contributed by atoms with E-state index in [4.69, 9.17) is 0 Å². The Balaban J connectivity index is 2.62. The molecular formula is C15H19F3O. The minimum absolute atomic E-state index is 0.191. The molecule has 0 N–H and O–H groups in total. The monoisotopic (exact) mass is 272 g/mol. The lowest BCUT2D eigenvalue weighted by Gasteiger charge is -2.11. The molecule has 0 heterocycles. The van der Waals surface area contributed by atoms with Gasteiger partial charge in [0.15, 0.2) is 5.78 Å². The maximum atomic E-state index is 12.7. The topological polar surface area (TPSA) is 17.1 Å². The van der Waals surface area contributed by atoms with Crippen molar-refractivity contribution in [2.75, 3.05) is 0 Å². The van der Waals surface area contributed by atoms with Crippen molar-refractivity contribution in [3.8, 4) is 0 Å². The summed E-state index contributed by atoms with van der Waals surface area (Å²) >= 11 is 0. The third kappa shape index (κ3) is 5.05. The third-order valence-electron chi connectivity index (χ3n) is 3.04. The summed E-state index contributed by atoms with van der Waals surface area (Å²) in [5.41, 5.74) is -1.03. The summed E-state index contributed by atoms with van der Waals surface area (Å²) in [4.78, 5) is 11.8. The Morgan fingerprint density at radius 1 is 1.05 bits per heavy atom. The number of carbonyl (C=O) groups is 1. The zero-order valence-electron chi connectivity index (χ0n) is 11.1. The van der Waals surface area contributed by atoms with Crippen LogP contribution in [-0.2, 0) is 6.18 Å². The summed E-state index contributed by atoms with van der Waals surface area (Å²) in [5, 5.41) is 0. The zero-order chi connectivity index (χ0) is 14.3. The van der Waals surface area contributed by atoms with Gasteiger partial charge in [-0.3, -0.25) is 4.79 Å². The normalized spacial score (nSPS) is 11.6. The highest BCUT2D eigenvalue weighted by Gasteiger charge is 2.34. The molecule has 0 aliphatic carbocycles. The molecule has 0 bridgehead atoms. The molecule has 0 aromatic heterocycles. The first-order valence-electron chi connectivity index (χ1n) is 6.66. The lowest BCUT2D eigenvalue weighted by molar-refractivity contribution is -0.137. The van der Waals surface area contributed by atoms with Crippen molar-refractivity contribution in [2.24, 2.45) is 0 Å². The lowest BCUT2D eigenvalue weighted by atomic mass is 9.99. The number of ketones is 1. The number of Topliss-reactive ketones (excluding diaryl/α,β-unsaturated/α-hetero) is 1. The van der Waals surface area contributed by atoms with Gasteiger partial charge < -0.3 is 0 Å². The van der Waals surface area contributed by atoms with Crippen LogP contribution in [0.5, 0.6) is 0 Å². The van der Waals surface area contributed by atoms with Crippen molar-refractivity contribution in [1.29, 1.82) is 0 Å². The van der Waals surface area contributed by atoms with Crippen molar-refractivity contribution in [3.63, 3.8) is 0 Å². The number of unbranched alkanes of at least 4 members (excludes halogenated alkanes) is 4. The molecule has 0 spiro atoms. The van der Waals surface area contributed by atoms with Crippen LogP contribution < -0.4 is 0 Å². The maximum absolute atomic E-state index is 12.7. The number of alkyl halides is 3. The van der Waals surface area contributed by atoms with Crippen LogP contribution in [-0.4, -0.2) is 5.78 Å². The zero-order valence-corrected chi connectivity index (χ0v) is 11.1. The van der Waals surface area contributed by atoms with Crippen LogP contribution in [0.1, 0.15) is 61.4 Å². The van der Waals surface area contributed by atoms with Gasteiger partial charge in [-0.1, -0.05) is 50.8 Å². The van der Waals surface area contributed by atoms with Gasteiger partial charge in [-0.25, -0.2) is 0 Å². The molecule has 0 radical (unpaired) electrons. The minimum atomic E-state index is -4.46. The Labute approximate surface area is 111 Å². The molecule has 0 saturated heterocycles. The van der Waals surface area contributed by atoms with Crippen molar-refractivity contribution < 1.29 is 18.0 Å². The Hall–Kier alpha value is -1.32. The fourth-order valence-corrected chi connectivity index (χ4v) is 2.00. The van der Waals surface area contributed by atoms with Crippen LogP contribution in [0.25, 0.3) is 0 Å². The number of hydrogen-bond donors (Lipinski definition) is 0. The van der Waals surface area contributed by atoms with E-state index in [2.05, 4.69) is 6.92 Å². The van der Waals surface area contributed by atoms with E-state index in [-0.39, 0.29) is 12.0 Å². The Morgan fingerprint density at radius 3 is 2.32 bits per heavy atom. The van der Waals surface area contributed by atoms with Gasteiger partial charge >= 0.3 is 6.18 Å². The van der Waals surface area contributed by atoms with E-state index in [1.165, 1.54) is 18.2 Å². The van der Waals surface area contributed by atoms with E-state index < -0.39 is 17.5 Å². The van der Waals surface area contributed by atoms with Crippen LogP contribution in [0.4, 0.5) is 13.2 Å². The molecule has 0 saturated carbocycles. The first-order chi connectivity index (χ1) is 8.96. The molecule has 0 fully saturated rings. The highest BCUT2D eigenvalue weighted by molar-refractivity contribution is 5.97. The molecule has 1 aromatic carbocycles. The lowest BCUT2D eigenvalue weighted by Crippen LogP contribution is -2.12. The summed E-state index contributed by atoms with van der Waals surface area (Å²) in [6.45, 7) is 2.09. The number of hydrogen-bond acceptors (Lipinski definition) is 1. The fourth-order valence-electron chi connectivity index (χ4n) is 2.00. The number of carbonyl (C=O) groups excluding carboxylic acids is 1. The van der Waals surface area contributed by atoms with Gasteiger partial charge in [0, 0.05) is 12.0 Å². The maximum Gasteiger partial charge on any atom is 0.417 e. The van der Waals surface area contributed by atoms with Gasteiger partial charge in [0.2, 0.25) is 0 Å². The van der Waals surface area contributed by atoms with Gasteiger partial charge in [0.25, 0.3) is 0 Å². The first-order valence-corrected chi connectivity index (χ1v) is 6.66. The second-order valence-electron chi connectivity index (χ2n) is 4.63. The van der Waals surface area contributed by atoms with Crippen LogP contribution in [0, 0.1) is 0 Å². The molecule has 0 unspecified atom stereocenters. The largest absolute Gasteiger partial charge is 0.417 e. The van der Waals surface area contributed by atoms with E-state index in [9.17, 15) is 18.0 Å². The summed E-state index contributed by atoms with van der Waals surface area (Å²) in [5.74, 6) is -0.413. The fraction of sp³-hybridized carbons (Fsp3) is 0.533. The minimum Gasteiger partial charge on any atom is -0.294 e. The Kier molecular flexibility index (Phi) is 6.06. The predicted octanol–water partition coefficient (Wildman–Crippen LogP) is 5.25. The van der Waals surface area contributed by atoms with Gasteiger partial charge in [-0.2, -0.15) is 13.2 Å². The van der Waals surface area contributed by atoms with Crippen LogP contribution in [0.3, 0.4) is 0 Å².